The summed E-state index contributed by atoms with van der Waals surface area (Å²) in [6.07, 6.45) is 2.80. The summed E-state index contributed by atoms with van der Waals surface area (Å²) in [5.41, 5.74) is 6.99. The van der Waals surface area contributed by atoms with E-state index in [2.05, 4.69) is 30.4 Å². The molecule has 0 fully saturated rings. The second-order valence-corrected chi connectivity index (χ2v) is 5.10. The number of nitrogens with one attached hydrogen (secondary N) is 1. The lowest BCUT2D eigenvalue weighted by Crippen LogP contribution is -2.40. The van der Waals surface area contributed by atoms with Crippen LogP contribution in [0.1, 0.15) is 31.7 Å². The largest absolute Gasteiger partial charge is 0.351 e. The zero-order valence-corrected chi connectivity index (χ0v) is 11.9. The van der Waals surface area contributed by atoms with Crippen LogP contribution in [0.3, 0.4) is 0 Å². The first-order chi connectivity index (χ1) is 9.72. The number of benzene rings is 2. The van der Waals surface area contributed by atoms with Gasteiger partial charge in [0.15, 0.2) is 0 Å². The molecule has 0 saturated heterocycles. The Bertz CT molecular complexity index is 575. The minimum atomic E-state index is -0.398. The van der Waals surface area contributed by atoms with Gasteiger partial charge in [-0.25, -0.2) is 0 Å². The molecule has 1 atom stereocenters. The van der Waals surface area contributed by atoms with Crippen molar-refractivity contribution in [1.82, 2.24) is 5.32 Å². The summed E-state index contributed by atoms with van der Waals surface area (Å²) in [5, 5.41) is 5.30. The highest BCUT2D eigenvalue weighted by Crippen LogP contribution is 2.18. The maximum absolute atomic E-state index is 11.9. The highest BCUT2D eigenvalue weighted by molar-refractivity contribution is 5.86. The topological polar surface area (TPSA) is 55.1 Å². The van der Waals surface area contributed by atoms with Gasteiger partial charge in [-0.2, -0.15) is 0 Å². The van der Waals surface area contributed by atoms with Gasteiger partial charge in [-0.3, -0.25) is 4.79 Å². The van der Waals surface area contributed by atoms with Crippen molar-refractivity contribution in [3.05, 3.63) is 48.0 Å². The molecule has 0 radical (unpaired) electrons. The lowest BCUT2D eigenvalue weighted by molar-refractivity contribution is -0.122. The van der Waals surface area contributed by atoms with Gasteiger partial charge in [0.25, 0.3) is 0 Å². The van der Waals surface area contributed by atoms with Gasteiger partial charge in [0.1, 0.15) is 0 Å². The molecule has 0 aliphatic carbocycles. The van der Waals surface area contributed by atoms with Crippen LogP contribution < -0.4 is 11.1 Å². The van der Waals surface area contributed by atoms with E-state index >= 15 is 0 Å². The molecule has 20 heavy (non-hydrogen) atoms. The molecule has 0 aliphatic rings. The molecule has 1 amide bonds. The van der Waals surface area contributed by atoms with E-state index in [0.29, 0.717) is 6.54 Å². The molecule has 3 heteroatoms. The minimum Gasteiger partial charge on any atom is -0.351 e. The van der Waals surface area contributed by atoms with E-state index in [-0.39, 0.29) is 5.91 Å². The number of unbranched alkanes of at least 4 members (excludes halogenated alkanes) is 1. The normalized spacial score (nSPS) is 12.3. The van der Waals surface area contributed by atoms with Crippen LogP contribution in [-0.2, 0) is 11.3 Å². The third-order valence-electron chi connectivity index (χ3n) is 3.54. The predicted molar refractivity (Wildman–Crippen MR) is 83.3 cm³/mol. The van der Waals surface area contributed by atoms with E-state index in [9.17, 15) is 4.79 Å². The molecule has 1 unspecified atom stereocenters. The summed E-state index contributed by atoms with van der Waals surface area (Å²) in [6, 6.07) is 13.9. The van der Waals surface area contributed by atoms with Gasteiger partial charge in [-0.15, -0.1) is 0 Å². The summed E-state index contributed by atoms with van der Waals surface area (Å²) in [5.74, 6) is -0.0635. The third kappa shape index (κ3) is 3.58. The van der Waals surface area contributed by atoms with Crippen LogP contribution in [0.5, 0.6) is 0 Å². The smallest absolute Gasteiger partial charge is 0.237 e. The Labute approximate surface area is 120 Å². The average molecular weight is 270 g/mol. The number of carbonyl (C=O) groups excluding carboxylic acids is 1. The third-order valence-corrected chi connectivity index (χ3v) is 3.54. The zero-order chi connectivity index (χ0) is 14.4. The van der Waals surface area contributed by atoms with Crippen LogP contribution in [0.25, 0.3) is 10.8 Å². The van der Waals surface area contributed by atoms with E-state index in [0.717, 1.165) is 24.8 Å². The lowest BCUT2D eigenvalue weighted by Gasteiger charge is -2.13. The van der Waals surface area contributed by atoms with Crippen molar-refractivity contribution >= 4 is 16.7 Å². The van der Waals surface area contributed by atoms with Crippen LogP contribution >= 0.6 is 0 Å². The zero-order valence-electron chi connectivity index (χ0n) is 11.9. The van der Waals surface area contributed by atoms with Crippen molar-refractivity contribution in [2.24, 2.45) is 5.73 Å². The number of carbonyl (C=O) groups is 1. The molecule has 2 aromatic carbocycles. The van der Waals surface area contributed by atoms with E-state index in [4.69, 9.17) is 5.73 Å². The number of hydrogen-bond acceptors (Lipinski definition) is 2. The van der Waals surface area contributed by atoms with Gasteiger partial charge in [-0.1, -0.05) is 62.2 Å². The Morgan fingerprint density at radius 3 is 2.75 bits per heavy atom. The van der Waals surface area contributed by atoms with Crippen molar-refractivity contribution in [3.8, 4) is 0 Å². The Morgan fingerprint density at radius 2 is 1.95 bits per heavy atom. The summed E-state index contributed by atoms with van der Waals surface area (Å²) >= 11 is 0. The molecule has 0 aromatic heterocycles. The summed E-state index contributed by atoms with van der Waals surface area (Å²) < 4.78 is 0. The number of fused-ring (bicyclic) bond motifs is 1. The highest BCUT2D eigenvalue weighted by atomic mass is 16.2. The van der Waals surface area contributed by atoms with Crippen LogP contribution in [0.4, 0.5) is 0 Å². The van der Waals surface area contributed by atoms with Crippen molar-refractivity contribution in [2.45, 2.75) is 38.8 Å². The summed E-state index contributed by atoms with van der Waals surface area (Å²) in [7, 11) is 0. The summed E-state index contributed by atoms with van der Waals surface area (Å²) in [6.45, 7) is 2.63. The Hall–Kier alpha value is -1.87. The van der Waals surface area contributed by atoms with Gasteiger partial charge in [0, 0.05) is 6.54 Å². The number of hydrogen-bond donors (Lipinski definition) is 2. The molecule has 0 saturated carbocycles. The number of nitrogens with two attached hydrogens (primary N) is 1. The monoisotopic (exact) mass is 270 g/mol. The molecule has 0 bridgehead atoms. The van der Waals surface area contributed by atoms with E-state index in [1.807, 2.05) is 24.3 Å². The van der Waals surface area contributed by atoms with Gasteiger partial charge in [-0.05, 0) is 22.8 Å². The van der Waals surface area contributed by atoms with Gasteiger partial charge < -0.3 is 11.1 Å². The van der Waals surface area contributed by atoms with Gasteiger partial charge in [0.2, 0.25) is 5.91 Å². The van der Waals surface area contributed by atoms with Crippen molar-refractivity contribution < 1.29 is 4.79 Å². The second-order valence-electron chi connectivity index (χ2n) is 5.10. The molecule has 3 N–H and O–H groups in total. The average Bonchev–Trinajstić information content (AvgIpc) is 2.50. The van der Waals surface area contributed by atoms with Crippen molar-refractivity contribution in [3.63, 3.8) is 0 Å². The van der Waals surface area contributed by atoms with Gasteiger partial charge >= 0.3 is 0 Å². The molecule has 3 nitrogen and oxygen atoms in total. The predicted octanol–water partition coefficient (Wildman–Crippen LogP) is 2.97. The summed E-state index contributed by atoms with van der Waals surface area (Å²) in [4.78, 5) is 11.9. The van der Waals surface area contributed by atoms with Crippen LogP contribution in [0.2, 0.25) is 0 Å². The maximum Gasteiger partial charge on any atom is 0.237 e. The fourth-order valence-electron chi connectivity index (χ4n) is 2.32. The van der Waals surface area contributed by atoms with Crippen molar-refractivity contribution in [2.75, 3.05) is 0 Å². The minimum absolute atomic E-state index is 0.0635. The second kappa shape index (κ2) is 7.06. The first-order valence-corrected chi connectivity index (χ1v) is 7.22. The maximum atomic E-state index is 11.9. The van der Waals surface area contributed by atoms with Crippen LogP contribution in [0.15, 0.2) is 42.5 Å². The fourth-order valence-corrected chi connectivity index (χ4v) is 2.32. The fraction of sp³-hybridized carbons (Fsp3) is 0.353. The van der Waals surface area contributed by atoms with Crippen molar-refractivity contribution in [1.29, 1.82) is 0 Å². The molecule has 106 valence electrons. The molecule has 2 aromatic rings. The molecular weight excluding hydrogens is 248 g/mol. The molecule has 2 rings (SSSR count). The first-order valence-electron chi connectivity index (χ1n) is 7.22. The van der Waals surface area contributed by atoms with Gasteiger partial charge in [0.05, 0.1) is 6.04 Å². The van der Waals surface area contributed by atoms with Crippen LogP contribution in [-0.4, -0.2) is 11.9 Å². The van der Waals surface area contributed by atoms with E-state index < -0.39 is 6.04 Å². The SMILES string of the molecule is CCCCC(N)C(=O)NCc1cccc2ccccc12. The highest BCUT2D eigenvalue weighted by Gasteiger charge is 2.12. The van der Waals surface area contributed by atoms with E-state index in [1.165, 1.54) is 10.8 Å². The molecule has 0 aliphatic heterocycles. The van der Waals surface area contributed by atoms with Crippen LogP contribution in [0, 0.1) is 0 Å². The Kier molecular flexibility index (Phi) is 5.13. The Balaban J connectivity index is 2.01. The number of rotatable bonds is 6. The first kappa shape index (κ1) is 14.5. The lowest BCUT2D eigenvalue weighted by atomic mass is 10.0. The Morgan fingerprint density at radius 1 is 1.20 bits per heavy atom. The number of amides is 1. The van der Waals surface area contributed by atoms with E-state index in [1.54, 1.807) is 0 Å². The standard InChI is InChI=1S/C17H22N2O/c1-2-3-11-16(18)17(20)19-12-14-9-6-8-13-7-4-5-10-15(13)14/h4-10,16H,2-3,11-12,18H2,1H3,(H,19,20). The quantitative estimate of drug-likeness (QED) is 0.848. The molecule has 0 spiro atoms. The molecule has 0 heterocycles. The molecular formula is C17H22N2O.